The molecule has 0 aliphatic rings. The van der Waals surface area contributed by atoms with E-state index in [0.29, 0.717) is 0 Å². The van der Waals surface area contributed by atoms with Gasteiger partial charge in [0.05, 0.1) is 16.2 Å². The fourth-order valence-corrected chi connectivity index (χ4v) is 2.59. The molecular weight excluding hydrogens is 463 g/mol. The molecule has 164 valence electrons. The first-order valence-electron chi connectivity index (χ1n) is 7.50. The zero-order valence-corrected chi connectivity index (χ0v) is 14.0. The summed E-state index contributed by atoms with van der Waals surface area (Å²) < 4.78 is 168. The summed E-state index contributed by atoms with van der Waals surface area (Å²) in [6.07, 6.45) is 0. The average Bonchev–Trinajstić information content (AvgIpc) is 2.73. The van der Waals surface area contributed by atoms with Crippen molar-refractivity contribution < 1.29 is 62.4 Å². The van der Waals surface area contributed by atoms with Crippen LogP contribution >= 0.6 is 0 Å². The lowest BCUT2D eigenvalue weighted by atomic mass is 9.78. The van der Waals surface area contributed by atoms with Crippen LogP contribution in [0.5, 0.6) is 5.75 Å². The van der Waals surface area contributed by atoms with E-state index in [4.69, 9.17) is 0 Å². The fraction of sp³-hybridized carbons (Fsp3) is 0. The van der Waals surface area contributed by atoms with Gasteiger partial charge in [-0.3, -0.25) is 0 Å². The van der Waals surface area contributed by atoms with Gasteiger partial charge in [0.1, 0.15) is 0 Å². The van der Waals surface area contributed by atoms with E-state index >= 15 is 0 Å². The van der Waals surface area contributed by atoms with Gasteiger partial charge in [-0.05, 0) is 0 Å². The van der Waals surface area contributed by atoms with Crippen LogP contribution in [0.3, 0.4) is 0 Å². The van der Waals surface area contributed by atoms with Gasteiger partial charge in [0.2, 0.25) is 5.82 Å². The first kappa shape index (κ1) is 22.6. The molecule has 1 N–H and O–H groups in total. The van der Waals surface area contributed by atoms with Crippen molar-refractivity contribution >= 4 is 23.4 Å². The molecule has 0 fully saturated rings. The Bertz CT molecular complexity index is 1230. The molecule has 0 unspecified atom stereocenters. The molecule has 3 aromatic carbocycles. The van der Waals surface area contributed by atoms with E-state index in [1.165, 1.54) is 0 Å². The number of fused-ring (bicyclic) bond motifs is 1. The largest absolute Gasteiger partial charge is 0.566 e. The molecule has 0 aliphatic heterocycles. The predicted octanol–water partition coefficient (Wildman–Crippen LogP) is 4.28. The standard InChI is InChI=1S/C16HBF12O2/c18-4-1-2(6(20)10(24)9(4)23)16(15(29)11(25)5(1)19)31-17(30)3-7(21)12(26)14(28)13(27)8(3)22/h30H. The van der Waals surface area contributed by atoms with Crippen molar-refractivity contribution in [2.24, 2.45) is 0 Å². The Morgan fingerprint density at radius 3 is 1.19 bits per heavy atom. The van der Waals surface area contributed by atoms with Gasteiger partial charge in [-0.25, -0.2) is 48.3 Å². The summed E-state index contributed by atoms with van der Waals surface area (Å²) in [5, 5.41) is 5.59. The van der Waals surface area contributed by atoms with Gasteiger partial charge in [0, 0.05) is 0 Å². The molecule has 31 heavy (non-hydrogen) atoms. The van der Waals surface area contributed by atoms with E-state index in [0.717, 1.165) is 0 Å². The van der Waals surface area contributed by atoms with Crippen LogP contribution in [0.2, 0.25) is 0 Å². The number of hydrogen-bond donors (Lipinski definition) is 1. The van der Waals surface area contributed by atoms with Crippen LogP contribution in [0.25, 0.3) is 10.8 Å². The van der Waals surface area contributed by atoms with Gasteiger partial charge in [0.15, 0.2) is 69.7 Å². The summed E-state index contributed by atoms with van der Waals surface area (Å²) in [5.41, 5.74) is -2.20. The lowest BCUT2D eigenvalue weighted by Gasteiger charge is -2.17. The van der Waals surface area contributed by atoms with E-state index in [1.54, 1.807) is 0 Å². The predicted molar refractivity (Wildman–Crippen MR) is 78.1 cm³/mol. The number of rotatable bonds is 3. The van der Waals surface area contributed by atoms with E-state index in [9.17, 15) is 57.7 Å². The Morgan fingerprint density at radius 2 is 0.742 bits per heavy atom. The van der Waals surface area contributed by atoms with E-state index in [1.807, 2.05) is 0 Å². The highest BCUT2D eigenvalue weighted by molar-refractivity contribution is 6.61. The molecule has 0 bridgehead atoms. The second-order valence-electron chi connectivity index (χ2n) is 5.73. The molecule has 2 nitrogen and oxygen atoms in total. The third-order valence-electron chi connectivity index (χ3n) is 4.02. The zero-order valence-electron chi connectivity index (χ0n) is 14.0. The second kappa shape index (κ2) is 7.55. The normalized spacial score (nSPS) is 11.4. The monoisotopic (exact) mass is 464 g/mol. The van der Waals surface area contributed by atoms with Gasteiger partial charge in [-0.2, -0.15) is 4.39 Å². The lowest BCUT2D eigenvalue weighted by molar-refractivity contribution is 0.366. The van der Waals surface area contributed by atoms with E-state index in [-0.39, 0.29) is 0 Å². The lowest BCUT2D eigenvalue weighted by Crippen LogP contribution is -2.43. The minimum absolute atomic E-state index is 2.02. The highest BCUT2D eigenvalue weighted by Crippen LogP contribution is 2.39. The van der Waals surface area contributed by atoms with Crippen molar-refractivity contribution in [3.8, 4) is 5.75 Å². The number of hydrogen-bond acceptors (Lipinski definition) is 2. The summed E-state index contributed by atoms with van der Waals surface area (Å²) in [6, 6.07) is 0. The Balaban J connectivity index is 2.34. The van der Waals surface area contributed by atoms with Crippen LogP contribution in [0.15, 0.2) is 0 Å². The van der Waals surface area contributed by atoms with Crippen molar-refractivity contribution in [1.82, 2.24) is 0 Å². The molecule has 0 amide bonds. The molecular formula is C16HBF12O2. The minimum Gasteiger partial charge on any atom is -0.530 e. The van der Waals surface area contributed by atoms with Crippen molar-refractivity contribution in [2.45, 2.75) is 0 Å². The molecule has 0 heterocycles. The third-order valence-corrected chi connectivity index (χ3v) is 4.02. The van der Waals surface area contributed by atoms with E-state index in [2.05, 4.69) is 4.65 Å². The molecule has 0 saturated heterocycles. The molecule has 0 radical (unpaired) electrons. The average molecular weight is 464 g/mol. The molecule has 3 rings (SSSR count). The van der Waals surface area contributed by atoms with Gasteiger partial charge in [0.25, 0.3) is 0 Å². The molecule has 0 spiro atoms. The van der Waals surface area contributed by atoms with Crippen LogP contribution in [-0.2, 0) is 0 Å². The summed E-state index contributed by atoms with van der Waals surface area (Å²) in [7, 11) is -3.44. The fourth-order valence-electron chi connectivity index (χ4n) is 2.59. The first-order chi connectivity index (χ1) is 14.3. The third kappa shape index (κ3) is 3.14. The number of benzene rings is 3. The molecule has 15 heteroatoms. The highest BCUT2D eigenvalue weighted by Gasteiger charge is 2.38. The highest BCUT2D eigenvalue weighted by atomic mass is 19.2. The van der Waals surface area contributed by atoms with Crippen molar-refractivity contribution in [2.75, 3.05) is 0 Å². The van der Waals surface area contributed by atoms with Crippen LogP contribution < -0.4 is 10.1 Å². The van der Waals surface area contributed by atoms with Crippen LogP contribution in [0, 0.1) is 69.8 Å². The summed E-state index contributed by atoms with van der Waals surface area (Å²) >= 11 is 0. The van der Waals surface area contributed by atoms with Crippen LogP contribution in [0.1, 0.15) is 0 Å². The van der Waals surface area contributed by atoms with Gasteiger partial charge in [-0.15, -0.1) is 0 Å². The summed E-state index contributed by atoms with van der Waals surface area (Å²) in [5.74, 6) is -34.0. The quantitative estimate of drug-likeness (QED) is 0.272. The molecule has 0 aromatic heterocycles. The molecule has 0 atom stereocenters. The van der Waals surface area contributed by atoms with Crippen molar-refractivity contribution in [3.63, 3.8) is 0 Å². The molecule has 3 aromatic rings. The summed E-state index contributed by atoms with van der Waals surface area (Å²) in [6.45, 7) is 0. The maximum absolute atomic E-state index is 14.1. The maximum Gasteiger partial charge on any atom is 0.566 e. The van der Waals surface area contributed by atoms with Gasteiger partial charge >= 0.3 is 7.12 Å². The van der Waals surface area contributed by atoms with Crippen LogP contribution in [0.4, 0.5) is 52.7 Å². The number of halogens is 12. The first-order valence-corrected chi connectivity index (χ1v) is 7.50. The Morgan fingerprint density at radius 1 is 0.419 bits per heavy atom. The Kier molecular flexibility index (Phi) is 5.50. The van der Waals surface area contributed by atoms with Crippen molar-refractivity contribution in [1.29, 1.82) is 0 Å². The van der Waals surface area contributed by atoms with Crippen molar-refractivity contribution in [3.05, 3.63) is 69.8 Å². The van der Waals surface area contributed by atoms with Gasteiger partial charge < -0.3 is 9.68 Å². The smallest absolute Gasteiger partial charge is 0.530 e. The van der Waals surface area contributed by atoms with Crippen LogP contribution in [-0.4, -0.2) is 12.1 Å². The van der Waals surface area contributed by atoms with E-state index < -0.39 is 98.9 Å². The topological polar surface area (TPSA) is 29.5 Å². The summed E-state index contributed by atoms with van der Waals surface area (Å²) in [4.78, 5) is 0. The second-order valence-corrected chi connectivity index (χ2v) is 5.73. The zero-order chi connectivity index (χ0) is 23.5. The molecule has 0 aliphatic carbocycles. The Hall–Kier alpha value is -3.10. The molecule has 0 saturated carbocycles. The SMILES string of the molecule is OB(Oc1c(F)c(F)c(F)c2c(F)c(F)c(F)c(F)c12)c1c(F)c(F)c(F)c(F)c1F. The van der Waals surface area contributed by atoms with Gasteiger partial charge in [-0.1, -0.05) is 0 Å². The minimum atomic E-state index is -3.44. The maximum atomic E-state index is 14.1. The Labute approximate surface area is 162 Å².